The average molecular weight is 385 g/mol. The van der Waals surface area contributed by atoms with Gasteiger partial charge < -0.3 is 5.11 Å². The molecule has 0 saturated carbocycles. The smallest absolute Gasteiger partial charge is 0.260 e. The molecule has 3 aromatic rings. The minimum Gasteiger partial charge on any atom is -0.373 e. The molecular weight excluding hydrogens is 362 g/mol. The van der Waals surface area contributed by atoms with Gasteiger partial charge >= 0.3 is 0 Å². The Morgan fingerprint density at radius 1 is 0.828 bits per heavy atom. The van der Waals surface area contributed by atoms with E-state index in [0.717, 1.165) is 16.7 Å². The van der Waals surface area contributed by atoms with Gasteiger partial charge in [0, 0.05) is 16.7 Å². The Labute approximate surface area is 170 Å². The third-order valence-electron chi connectivity index (χ3n) is 5.56. The Morgan fingerprint density at radius 3 is 2.07 bits per heavy atom. The maximum Gasteiger partial charge on any atom is 0.260 e. The molecule has 1 heterocycles. The van der Waals surface area contributed by atoms with Crippen molar-refractivity contribution in [3.8, 4) is 0 Å². The second-order valence-electron chi connectivity index (χ2n) is 7.47. The fourth-order valence-corrected chi connectivity index (χ4v) is 3.98. The van der Waals surface area contributed by atoms with Gasteiger partial charge in [-0.05, 0) is 55.5 Å². The number of hydrogen-bond acceptors (Lipinski definition) is 3. The topological polar surface area (TPSA) is 57.6 Å². The summed E-state index contributed by atoms with van der Waals surface area (Å²) in [6, 6.07) is 20.2. The van der Waals surface area contributed by atoms with E-state index in [4.69, 9.17) is 0 Å². The first kappa shape index (κ1) is 19.1. The number of carbonyl (C=O) groups is 2. The molecule has 1 aliphatic rings. The first-order valence-electron chi connectivity index (χ1n) is 9.78. The number of anilines is 1. The van der Waals surface area contributed by atoms with Gasteiger partial charge in [-0.3, -0.25) is 14.5 Å². The Balaban J connectivity index is 1.87. The van der Waals surface area contributed by atoms with Crippen LogP contribution in [0.15, 0.2) is 66.7 Å². The maximum atomic E-state index is 13.4. The van der Waals surface area contributed by atoms with Crippen LogP contribution in [0.2, 0.25) is 0 Å². The van der Waals surface area contributed by atoms with E-state index in [-0.39, 0.29) is 11.7 Å². The van der Waals surface area contributed by atoms with E-state index in [9.17, 15) is 14.7 Å². The molecule has 0 radical (unpaired) electrons. The summed E-state index contributed by atoms with van der Waals surface area (Å²) in [5.74, 6) is -0.432. The minimum atomic E-state index is -0.972. The van der Waals surface area contributed by atoms with Crippen molar-refractivity contribution in [2.45, 2.75) is 32.9 Å². The highest BCUT2D eigenvalue weighted by atomic mass is 16.3. The molecular formula is C25H23NO3. The van der Waals surface area contributed by atoms with Crippen LogP contribution < -0.4 is 4.90 Å². The van der Waals surface area contributed by atoms with E-state index in [2.05, 4.69) is 0 Å². The number of aliphatic hydroxyl groups is 1. The third-order valence-corrected chi connectivity index (χ3v) is 5.56. The number of benzene rings is 3. The van der Waals surface area contributed by atoms with E-state index in [1.165, 1.54) is 4.90 Å². The molecule has 3 aromatic carbocycles. The van der Waals surface area contributed by atoms with Crippen LogP contribution in [-0.4, -0.2) is 23.0 Å². The molecule has 29 heavy (non-hydrogen) atoms. The molecule has 1 aliphatic heterocycles. The predicted octanol–water partition coefficient (Wildman–Crippen LogP) is 4.45. The monoisotopic (exact) mass is 385 g/mol. The lowest BCUT2D eigenvalue weighted by Gasteiger charge is -2.35. The van der Waals surface area contributed by atoms with Gasteiger partial charge in [0.15, 0.2) is 5.78 Å². The van der Waals surface area contributed by atoms with E-state index < -0.39 is 6.23 Å². The van der Waals surface area contributed by atoms with Gasteiger partial charge in [0.25, 0.3) is 5.91 Å². The summed E-state index contributed by atoms with van der Waals surface area (Å²) >= 11 is 0. The van der Waals surface area contributed by atoms with Crippen LogP contribution in [0.3, 0.4) is 0 Å². The molecule has 1 unspecified atom stereocenters. The van der Waals surface area contributed by atoms with Gasteiger partial charge in [-0.1, -0.05) is 54.6 Å². The Hall–Kier alpha value is -3.24. The third kappa shape index (κ3) is 3.36. The lowest BCUT2D eigenvalue weighted by atomic mass is 9.91. The second kappa shape index (κ2) is 7.64. The number of fused-ring (bicyclic) bond motifs is 1. The van der Waals surface area contributed by atoms with Crippen LogP contribution in [0.5, 0.6) is 0 Å². The van der Waals surface area contributed by atoms with Crippen LogP contribution >= 0.6 is 0 Å². The highest BCUT2D eigenvalue weighted by molar-refractivity contribution is 6.17. The van der Waals surface area contributed by atoms with Crippen molar-refractivity contribution in [3.63, 3.8) is 0 Å². The largest absolute Gasteiger partial charge is 0.373 e. The summed E-state index contributed by atoms with van der Waals surface area (Å²) in [6.45, 7) is 3.77. The van der Waals surface area contributed by atoms with Crippen molar-refractivity contribution in [2.75, 3.05) is 4.90 Å². The number of amides is 1. The van der Waals surface area contributed by atoms with Crippen molar-refractivity contribution in [2.24, 2.45) is 0 Å². The molecule has 146 valence electrons. The molecule has 0 fully saturated rings. The van der Waals surface area contributed by atoms with Crippen LogP contribution in [0.4, 0.5) is 5.69 Å². The van der Waals surface area contributed by atoms with Crippen LogP contribution in [0.25, 0.3) is 0 Å². The summed E-state index contributed by atoms with van der Waals surface area (Å²) in [4.78, 5) is 28.2. The number of aryl methyl sites for hydroxylation is 3. The molecule has 4 heteroatoms. The van der Waals surface area contributed by atoms with Crippen LogP contribution in [0.1, 0.15) is 49.4 Å². The number of rotatable bonds is 3. The molecule has 0 aliphatic carbocycles. The van der Waals surface area contributed by atoms with Gasteiger partial charge in [0.2, 0.25) is 0 Å². The molecule has 1 atom stereocenters. The van der Waals surface area contributed by atoms with Crippen molar-refractivity contribution in [3.05, 3.63) is 100 Å². The average Bonchev–Trinajstić information content (AvgIpc) is 2.73. The van der Waals surface area contributed by atoms with E-state index in [0.29, 0.717) is 35.2 Å². The lowest BCUT2D eigenvalue weighted by molar-refractivity contribution is 0.0863. The van der Waals surface area contributed by atoms with E-state index >= 15 is 0 Å². The summed E-state index contributed by atoms with van der Waals surface area (Å²) in [7, 11) is 0. The van der Waals surface area contributed by atoms with Gasteiger partial charge in [0.1, 0.15) is 6.23 Å². The SMILES string of the molecule is Cc1ccccc1C(=O)c1cccc2c1N(C(=O)c1ccccc1C)C(O)CC2. The normalized spacial score (nSPS) is 15.7. The van der Waals surface area contributed by atoms with Gasteiger partial charge in [-0.15, -0.1) is 0 Å². The zero-order valence-corrected chi connectivity index (χ0v) is 16.6. The van der Waals surface area contributed by atoms with Crippen molar-refractivity contribution in [1.29, 1.82) is 0 Å². The molecule has 4 rings (SSSR count). The molecule has 1 amide bonds. The summed E-state index contributed by atoms with van der Waals surface area (Å²) in [5, 5.41) is 10.8. The second-order valence-corrected chi connectivity index (χ2v) is 7.47. The first-order valence-corrected chi connectivity index (χ1v) is 9.78. The molecule has 1 N–H and O–H groups in total. The molecule has 0 bridgehead atoms. The first-order chi connectivity index (χ1) is 14.0. The van der Waals surface area contributed by atoms with Crippen molar-refractivity contribution in [1.82, 2.24) is 0 Å². The highest BCUT2D eigenvalue weighted by Gasteiger charge is 2.34. The Morgan fingerprint density at radius 2 is 1.41 bits per heavy atom. The summed E-state index contributed by atoms with van der Waals surface area (Å²) in [6.07, 6.45) is 0.0793. The number of carbonyl (C=O) groups excluding carboxylic acids is 2. The van der Waals surface area contributed by atoms with Gasteiger partial charge in [0.05, 0.1) is 5.69 Å². The molecule has 0 spiro atoms. The number of para-hydroxylation sites is 1. The Kier molecular flexibility index (Phi) is 5.03. The summed E-state index contributed by atoms with van der Waals surface area (Å²) in [5.41, 5.74) is 4.70. The number of aliphatic hydroxyl groups excluding tert-OH is 1. The molecule has 0 saturated heterocycles. The van der Waals surface area contributed by atoms with Crippen molar-refractivity contribution >= 4 is 17.4 Å². The Bertz CT molecular complexity index is 1100. The predicted molar refractivity (Wildman–Crippen MR) is 113 cm³/mol. The summed E-state index contributed by atoms with van der Waals surface area (Å²) < 4.78 is 0. The van der Waals surface area contributed by atoms with Gasteiger partial charge in [-0.25, -0.2) is 0 Å². The maximum absolute atomic E-state index is 13.4. The minimum absolute atomic E-state index is 0.142. The number of ketones is 1. The number of nitrogens with zero attached hydrogens (tertiary/aromatic N) is 1. The standard InChI is InChI=1S/C25H23NO3/c1-16-8-3-5-11-19(16)24(28)21-13-7-10-18-14-15-22(27)26(23(18)21)25(29)20-12-6-4-9-17(20)2/h3-13,22,27H,14-15H2,1-2H3. The molecule has 4 nitrogen and oxygen atoms in total. The zero-order valence-electron chi connectivity index (χ0n) is 16.6. The number of hydrogen-bond donors (Lipinski definition) is 1. The van der Waals surface area contributed by atoms with Crippen molar-refractivity contribution < 1.29 is 14.7 Å². The molecule has 0 aromatic heterocycles. The zero-order chi connectivity index (χ0) is 20.5. The van der Waals surface area contributed by atoms with Crippen LogP contribution in [-0.2, 0) is 6.42 Å². The fraction of sp³-hybridized carbons (Fsp3) is 0.200. The van der Waals surface area contributed by atoms with Crippen LogP contribution in [0, 0.1) is 13.8 Å². The lowest BCUT2D eigenvalue weighted by Crippen LogP contribution is -2.45. The van der Waals surface area contributed by atoms with Gasteiger partial charge in [-0.2, -0.15) is 0 Å². The fourth-order valence-electron chi connectivity index (χ4n) is 3.98. The van der Waals surface area contributed by atoms with E-state index in [1.807, 2.05) is 62.4 Å². The highest BCUT2D eigenvalue weighted by Crippen LogP contribution is 2.36. The quantitative estimate of drug-likeness (QED) is 0.678. The van der Waals surface area contributed by atoms with E-state index in [1.54, 1.807) is 18.2 Å².